The summed E-state index contributed by atoms with van der Waals surface area (Å²) in [4.78, 5) is 4.14. The van der Waals surface area contributed by atoms with Gasteiger partial charge in [-0.1, -0.05) is 12.1 Å². The van der Waals surface area contributed by atoms with Crippen molar-refractivity contribution in [2.45, 2.75) is 0 Å². The lowest BCUT2D eigenvalue weighted by Gasteiger charge is -2.36. The van der Waals surface area contributed by atoms with Crippen LogP contribution in [0.2, 0.25) is 0 Å². The largest absolute Gasteiger partial charge is 0.495 e. The maximum atomic E-state index is 7.40. The molecule has 0 aromatic heterocycles. The molecule has 17 heavy (non-hydrogen) atoms. The van der Waals surface area contributed by atoms with E-state index in [1.165, 1.54) is 0 Å². The molecule has 5 heteroatoms. The quantitative estimate of drug-likeness (QED) is 0.584. The summed E-state index contributed by atoms with van der Waals surface area (Å²) in [5, 5.41) is 7.40. The number of piperazine rings is 1. The molecule has 1 aromatic rings. The lowest BCUT2D eigenvalue weighted by Crippen LogP contribution is -2.50. The third kappa shape index (κ3) is 2.43. The zero-order valence-corrected chi connectivity index (χ0v) is 10.0. The highest BCUT2D eigenvalue weighted by atomic mass is 16.5. The Morgan fingerprint density at radius 1 is 1.24 bits per heavy atom. The first-order valence-corrected chi connectivity index (χ1v) is 5.69. The van der Waals surface area contributed by atoms with Gasteiger partial charge < -0.3 is 20.3 Å². The van der Waals surface area contributed by atoms with Gasteiger partial charge in [-0.2, -0.15) is 0 Å². The number of hydrogen-bond donors (Lipinski definition) is 2. The lowest BCUT2D eigenvalue weighted by molar-refractivity contribution is 0.373. The van der Waals surface area contributed by atoms with E-state index in [9.17, 15) is 0 Å². The standard InChI is InChI=1S/C12H18N4O/c1-17-11-5-3-2-4-10(11)15-6-8-16(9-7-15)12(13)14/h2-5H,6-9H2,1H3,(H3,13,14). The van der Waals surface area contributed by atoms with Gasteiger partial charge in [0.05, 0.1) is 12.8 Å². The van der Waals surface area contributed by atoms with Crippen LogP contribution in [0.3, 0.4) is 0 Å². The van der Waals surface area contributed by atoms with Gasteiger partial charge in [0.1, 0.15) is 5.75 Å². The van der Waals surface area contributed by atoms with Crippen LogP contribution in [-0.4, -0.2) is 44.1 Å². The van der Waals surface area contributed by atoms with Crippen LogP contribution in [0.25, 0.3) is 0 Å². The van der Waals surface area contributed by atoms with Crippen LogP contribution in [0.1, 0.15) is 0 Å². The third-order valence-corrected chi connectivity index (χ3v) is 3.05. The van der Waals surface area contributed by atoms with Crippen molar-refractivity contribution in [3.8, 4) is 5.75 Å². The summed E-state index contributed by atoms with van der Waals surface area (Å²) < 4.78 is 5.35. The van der Waals surface area contributed by atoms with Gasteiger partial charge in [-0.25, -0.2) is 0 Å². The number of ether oxygens (including phenoxy) is 1. The molecular weight excluding hydrogens is 216 g/mol. The highest BCUT2D eigenvalue weighted by molar-refractivity contribution is 5.75. The van der Waals surface area contributed by atoms with Crippen LogP contribution < -0.4 is 15.4 Å². The summed E-state index contributed by atoms with van der Waals surface area (Å²) in [5.74, 6) is 1.05. The Kier molecular flexibility index (Phi) is 3.37. The zero-order chi connectivity index (χ0) is 12.3. The molecule has 1 saturated heterocycles. The number of nitrogens with two attached hydrogens (primary N) is 1. The molecule has 5 nitrogen and oxygen atoms in total. The van der Waals surface area contributed by atoms with Crippen LogP contribution in [0.4, 0.5) is 5.69 Å². The number of hydrogen-bond acceptors (Lipinski definition) is 3. The maximum Gasteiger partial charge on any atom is 0.188 e. The predicted octanol–water partition coefficient (Wildman–Crippen LogP) is 0.711. The summed E-state index contributed by atoms with van der Waals surface area (Å²) in [7, 11) is 1.69. The topological polar surface area (TPSA) is 65.6 Å². The number of para-hydroxylation sites is 2. The van der Waals surface area contributed by atoms with Crippen LogP contribution in [0.15, 0.2) is 24.3 Å². The van der Waals surface area contributed by atoms with Gasteiger partial charge in [0.25, 0.3) is 0 Å². The summed E-state index contributed by atoms with van der Waals surface area (Å²) in [6.45, 7) is 3.29. The molecule has 1 aliphatic rings. The molecule has 0 atom stereocenters. The maximum absolute atomic E-state index is 7.40. The first kappa shape index (κ1) is 11.6. The SMILES string of the molecule is COc1ccccc1N1CCN(C(=N)N)CC1. The molecule has 0 amide bonds. The second-order valence-corrected chi connectivity index (χ2v) is 4.03. The molecule has 0 radical (unpaired) electrons. The summed E-state index contributed by atoms with van der Waals surface area (Å²) in [5.41, 5.74) is 6.58. The highest BCUT2D eigenvalue weighted by Crippen LogP contribution is 2.28. The molecule has 0 bridgehead atoms. The highest BCUT2D eigenvalue weighted by Gasteiger charge is 2.19. The Morgan fingerprint density at radius 2 is 1.88 bits per heavy atom. The molecular formula is C12H18N4O. The Bertz CT molecular complexity index is 399. The van der Waals surface area contributed by atoms with E-state index in [0.29, 0.717) is 0 Å². The first-order valence-electron chi connectivity index (χ1n) is 5.69. The summed E-state index contributed by atoms with van der Waals surface area (Å²) >= 11 is 0. The molecule has 0 spiro atoms. The van der Waals surface area contributed by atoms with Crippen LogP contribution in [0.5, 0.6) is 5.75 Å². The fourth-order valence-corrected chi connectivity index (χ4v) is 2.08. The van der Waals surface area contributed by atoms with Gasteiger partial charge in [-0.3, -0.25) is 5.41 Å². The minimum absolute atomic E-state index is 0.157. The fraction of sp³-hybridized carbons (Fsp3) is 0.417. The molecule has 3 N–H and O–H groups in total. The number of nitrogens with one attached hydrogen (secondary N) is 1. The summed E-state index contributed by atoms with van der Waals surface area (Å²) in [6, 6.07) is 8.00. The van der Waals surface area contributed by atoms with E-state index in [2.05, 4.69) is 11.0 Å². The minimum atomic E-state index is 0.157. The zero-order valence-electron chi connectivity index (χ0n) is 10.0. The minimum Gasteiger partial charge on any atom is -0.495 e. The van der Waals surface area contributed by atoms with Gasteiger partial charge in [0.15, 0.2) is 5.96 Å². The van der Waals surface area contributed by atoms with Crippen molar-refractivity contribution in [2.75, 3.05) is 38.2 Å². The molecule has 0 aliphatic carbocycles. The van der Waals surface area contributed by atoms with E-state index in [1.54, 1.807) is 7.11 Å². The molecule has 2 rings (SSSR count). The Balaban J connectivity index is 2.07. The van der Waals surface area contributed by atoms with E-state index < -0.39 is 0 Å². The van der Waals surface area contributed by atoms with Gasteiger partial charge >= 0.3 is 0 Å². The van der Waals surface area contributed by atoms with Crippen molar-refractivity contribution in [3.05, 3.63) is 24.3 Å². The van der Waals surface area contributed by atoms with Crippen molar-refractivity contribution in [3.63, 3.8) is 0 Å². The third-order valence-electron chi connectivity index (χ3n) is 3.05. The van der Waals surface area contributed by atoms with E-state index >= 15 is 0 Å². The average Bonchev–Trinajstić information content (AvgIpc) is 2.39. The number of methoxy groups -OCH3 is 1. The molecule has 1 heterocycles. The fourth-order valence-electron chi connectivity index (χ4n) is 2.08. The van der Waals surface area contributed by atoms with Crippen molar-refractivity contribution in [2.24, 2.45) is 5.73 Å². The lowest BCUT2D eigenvalue weighted by atomic mass is 10.2. The van der Waals surface area contributed by atoms with E-state index in [1.807, 2.05) is 23.1 Å². The Hall–Kier alpha value is -1.91. The molecule has 92 valence electrons. The van der Waals surface area contributed by atoms with Crippen molar-refractivity contribution < 1.29 is 4.74 Å². The monoisotopic (exact) mass is 234 g/mol. The number of benzene rings is 1. The summed E-state index contributed by atoms with van der Waals surface area (Å²) in [6.07, 6.45) is 0. The smallest absolute Gasteiger partial charge is 0.188 e. The van der Waals surface area contributed by atoms with E-state index in [4.69, 9.17) is 15.9 Å². The number of guanidine groups is 1. The predicted molar refractivity (Wildman–Crippen MR) is 68.7 cm³/mol. The van der Waals surface area contributed by atoms with Crippen molar-refractivity contribution in [1.82, 2.24) is 4.90 Å². The molecule has 1 aromatic carbocycles. The molecule has 0 unspecified atom stereocenters. The van der Waals surface area contributed by atoms with Gasteiger partial charge in [-0.05, 0) is 12.1 Å². The van der Waals surface area contributed by atoms with Crippen molar-refractivity contribution >= 4 is 11.6 Å². The van der Waals surface area contributed by atoms with Crippen LogP contribution in [-0.2, 0) is 0 Å². The normalized spacial score (nSPS) is 15.8. The second kappa shape index (κ2) is 4.95. The molecule has 0 saturated carbocycles. The van der Waals surface area contributed by atoms with Gasteiger partial charge in [0.2, 0.25) is 0 Å². The number of rotatable bonds is 2. The molecule has 1 aliphatic heterocycles. The number of anilines is 1. The van der Waals surface area contributed by atoms with E-state index in [-0.39, 0.29) is 5.96 Å². The number of nitrogens with zero attached hydrogens (tertiary/aromatic N) is 2. The first-order chi connectivity index (χ1) is 8.22. The Morgan fingerprint density at radius 3 is 2.47 bits per heavy atom. The average molecular weight is 234 g/mol. The van der Waals surface area contributed by atoms with Gasteiger partial charge in [0, 0.05) is 26.2 Å². The Labute approximate surface area is 101 Å². The van der Waals surface area contributed by atoms with Gasteiger partial charge in [-0.15, -0.1) is 0 Å². The van der Waals surface area contributed by atoms with E-state index in [0.717, 1.165) is 37.6 Å². The van der Waals surface area contributed by atoms with Crippen LogP contribution >= 0.6 is 0 Å². The van der Waals surface area contributed by atoms with Crippen molar-refractivity contribution in [1.29, 1.82) is 5.41 Å². The molecule has 1 fully saturated rings. The second-order valence-electron chi connectivity index (χ2n) is 4.03. The van der Waals surface area contributed by atoms with Crippen LogP contribution in [0, 0.1) is 5.41 Å².